The number of hydrogen-bond donors (Lipinski definition) is 1. The van der Waals surface area contributed by atoms with E-state index in [1.807, 2.05) is 0 Å². The number of amides is 1. The van der Waals surface area contributed by atoms with Gasteiger partial charge in [-0.15, -0.1) is 0 Å². The Morgan fingerprint density at radius 3 is 2.30 bits per heavy atom. The van der Waals surface area contributed by atoms with Gasteiger partial charge in [0.1, 0.15) is 6.04 Å². The topological polar surface area (TPSA) is 91.9 Å². The molecule has 1 N–H and O–H groups in total. The fourth-order valence-electron chi connectivity index (χ4n) is 2.87. The summed E-state index contributed by atoms with van der Waals surface area (Å²) in [5, 5.41) is 2.77. The predicted molar refractivity (Wildman–Crippen MR) is 99.9 cm³/mol. The molecule has 0 saturated heterocycles. The van der Waals surface area contributed by atoms with Gasteiger partial charge in [0.05, 0.1) is 26.8 Å². The van der Waals surface area contributed by atoms with Gasteiger partial charge in [-0.3, -0.25) is 9.36 Å². The number of methoxy groups -OCH3 is 3. The number of rotatable bonds is 6. The fraction of sp³-hybridized carbons (Fsp3) is 0.263. The normalized spacial score (nSPS) is 11.9. The number of nitrogens with one attached hydrogen (secondary N) is 1. The fourth-order valence-corrected chi connectivity index (χ4v) is 2.87. The number of para-hydroxylation sites is 2. The molecule has 8 nitrogen and oxygen atoms in total. The second kappa shape index (κ2) is 7.45. The molecule has 3 rings (SSSR count). The summed E-state index contributed by atoms with van der Waals surface area (Å²) in [5.74, 6) is 0.251. The molecule has 0 saturated carbocycles. The molecule has 3 aromatic rings. The van der Waals surface area contributed by atoms with Crippen LogP contribution in [-0.2, 0) is 4.79 Å². The molecule has 2 aromatic carbocycles. The van der Waals surface area contributed by atoms with Crippen molar-refractivity contribution in [1.29, 1.82) is 0 Å². The number of benzene rings is 2. The van der Waals surface area contributed by atoms with E-state index >= 15 is 0 Å². The summed E-state index contributed by atoms with van der Waals surface area (Å²) >= 11 is 0. The molecule has 1 heterocycles. The molecule has 0 aliphatic carbocycles. The summed E-state index contributed by atoms with van der Waals surface area (Å²) < 4.78 is 22.3. The van der Waals surface area contributed by atoms with E-state index in [-0.39, 0.29) is 0 Å². The highest BCUT2D eigenvalue weighted by atomic mass is 16.5. The van der Waals surface area contributed by atoms with Gasteiger partial charge in [-0.25, -0.2) is 4.79 Å². The molecule has 0 radical (unpaired) electrons. The molecule has 0 bridgehead atoms. The molecule has 1 amide bonds. The van der Waals surface area contributed by atoms with Crippen molar-refractivity contribution >= 4 is 22.7 Å². The van der Waals surface area contributed by atoms with Gasteiger partial charge in [0, 0.05) is 17.8 Å². The third kappa shape index (κ3) is 3.33. The lowest BCUT2D eigenvalue weighted by atomic mass is 10.2. The van der Waals surface area contributed by atoms with Crippen molar-refractivity contribution in [2.24, 2.45) is 0 Å². The minimum absolute atomic E-state index is 0.391. The van der Waals surface area contributed by atoms with Crippen molar-refractivity contribution in [3.63, 3.8) is 0 Å². The van der Waals surface area contributed by atoms with Crippen LogP contribution in [0.1, 0.15) is 13.0 Å². The van der Waals surface area contributed by atoms with E-state index in [0.717, 1.165) is 0 Å². The maximum Gasteiger partial charge on any atom is 0.420 e. The molecule has 142 valence electrons. The Balaban J connectivity index is 1.93. The SMILES string of the molecule is COc1cc(NC(=O)C(C)n2c(=O)oc3ccccc32)cc(OC)c1OC. The van der Waals surface area contributed by atoms with Gasteiger partial charge < -0.3 is 23.9 Å². The molecule has 1 unspecified atom stereocenters. The zero-order valence-electron chi connectivity index (χ0n) is 15.4. The molecular formula is C19H20N2O6. The lowest BCUT2D eigenvalue weighted by Gasteiger charge is -2.16. The van der Waals surface area contributed by atoms with Crippen LogP contribution in [0.3, 0.4) is 0 Å². The average Bonchev–Trinajstić information content (AvgIpc) is 3.01. The van der Waals surface area contributed by atoms with Crippen LogP contribution >= 0.6 is 0 Å². The van der Waals surface area contributed by atoms with Gasteiger partial charge in [-0.05, 0) is 19.1 Å². The predicted octanol–water partition coefficient (Wildman–Crippen LogP) is 2.82. The summed E-state index contributed by atoms with van der Waals surface area (Å²) in [5.41, 5.74) is 1.42. The number of oxazole rings is 1. The summed E-state index contributed by atoms with van der Waals surface area (Å²) in [7, 11) is 4.47. The summed E-state index contributed by atoms with van der Waals surface area (Å²) in [6.45, 7) is 1.62. The van der Waals surface area contributed by atoms with Crippen molar-refractivity contribution < 1.29 is 23.4 Å². The van der Waals surface area contributed by atoms with E-state index < -0.39 is 17.7 Å². The second-order valence-electron chi connectivity index (χ2n) is 5.78. The standard InChI is InChI=1S/C19H20N2O6/c1-11(21-13-7-5-6-8-14(13)27-19(21)23)18(22)20-12-9-15(24-2)17(26-4)16(10-12)25-3/h5-11H,1-4H3,(H,20,22). The molecule has 0 aliphatic heterocycles. The Hall–Kier alpha value is -3.42. The molecule has 0 spiro atoms. The van der Waals surface area contributed by atoms with Crippen LogP contribution < -0.4 is 25.3 Å². The van der Waals surface area contributed by atoms with Crippen LogP contribution in [0.15, 0.2) is 45.6 Å². The Labute approximate surface area is 155 Å². The van der Waals surface area contributed by atoms with Gasteiger partial charge in [0.25, 0.3) is 0 Å². The van der Waals surface area contributed by atoms with Crippen LogP contribution in [-0.4, -0.2) is 31.8 Å². The first-order valence-electron chi connectivity index (χ1n) is 8.21. The van der Waals surface area contributed by atoms with Crippen molar-refractivity contribution in [3.8, 4) is 17.2 Å². The number of fused-ring (bicyclic) bond motifs is 1. The van der Waals surface area contributed by atoms with Gasteiger partial charge in [-0.2, -0.15) is 0 Å². The van der Waals surface area contributed by atoms with Crippen molar-refractivity contribution in [3.05, 3.63) is 46.9 Å². The van der Waals surface area contributed by atoms with Gasteiger partial charge in [-0.1, -0.05) is 12.1 Å². The Morgan fingerprint density at radius 1 is 1.07 bits per heavy atom. The van der Waals surface area contributed by atoms with Crippen LogP contribution in [0.25, 0.3) is 11.1 Å². The highest BCUT2D eigenvalue weighted by Crippen LogP contribution is 2.40. The van der Waals surface area contributed by atoms with E-state index in [4.69, 9.17) is 18.6 Å². The zero-order chi connectivity index (χ0) is 19.6. The zero-order valence-corrected chi connectivity index (χ0v) is 15.4. The Bertz CT molecular complexity index is 1010. The summed E-state index contributed by atoms with van der Waals surface area (Å²) in [4.78, 5) is 24.9. The Kier molecular flexibility index (Phi) is 5.07. The van der Waals surface area contributed by atoms with E-state index in [0.29, 0.717) is 34.0 Å². The molecule has 0 fully saturated rings. The molecule has 8 heteroatoms. The first-order valence-corrected chi connectivity index (χ1v) is 8.21. The third-order valence-electron chi connectivity index (χ3n) is 4.22. The number of anilines is 1. The Morgan fingerprint density at radius 2 is 1.70 bits per heavy atom. The van der Waals surface area contributed by atoms with Gasteiger partial charge >= 0.3 is 5.76 Å². The highest BCUT2D eigenvalue weighted by Gasteiger charge is 2.22. The summed E-state index contributed by atoms with van der Waals surface area (Å²) in [6.07, 6.45) is 0. The number of carbonyl (C=O) groups excluding carboxylic acids is 1. The molecule has 27 heavy (non-hydrogen) atoms. The number of ether oxygens (including phenoxy) is 3. The largest absolute Gasteiger partial charge is 0.493 e. The van der Waals surface area contributed by atoms with Crippen LogP contribution in [0.5, 0.6) is 17.2 Å². The van der Waals surface area contributed by atoms with Crippen molar-refractivity contribution in [2.45, 2.75) is 13.0 Å². The number of nitrogens with zero attached hydrogens (tertiary/aromatic N) is 1. The maximum atomic E-state index is 12.7. The average molecular weight is 372 g/mol. The first-order chi connectivity index (χ1) is 13.0. The summed E-state index contributed by atoms with van der Waals surface area (Å²) in [6, 6.07) is 9.37. The monoisotopic (exact) mass is 372 g/mol. The highest BCUT2D eigenvalue weighted by molar-refractivity contribution is 5.95. The molecule has 1 atom stereocenters. The van der Waals surface area contributed by atoms with E-state index in [2.05, 4.69) is 5.32 Å². The number of carbonyl (C=O) groups is 1. The number of hydrogen-bond acceptors (Lipinski definition) is 6. The molecular weight excluding hydrogens is 352 g/mol. The van der Waals surface area contributed by atoms with Crippen molar-refractivity contribution in [2.75, 3.05) is 26.6 Å². The second-order valence-corrected chi connectivity index (χ2v) is 5.78. The van der Waals surface area contributed by atoms with Crippen LogP contribution in [0.2, 0.25) is 0 Å². The van der Waals surface area contributed by atoms with E-state index in [1.54, 1.807) is 43.3 Å². The molecule has 0 aliphatic rings. The van der Waals surface area contributed by atoms with E-state index in [1.165, 1.54) is 25.9 Å². The minimum atomic E-state index is -0.791. The lowest BCUT2D eigenvalue weighted by Crippen LogP contribution is -2.29. The quantitative estimate of drug-likeness (QED) is 0.715. The van der Waals surface area contributed by atoms with Crippen molar-refractivity contribution in [1.82, 2.24) is 4.57 Å². The van der Waals surface area contributed by atoms with Crippen LogP contribution in [0, 0.1) is 0 Å². The minimum Gasteiger partial charge on any atom is -0.493 e. The molecule has 1 aromatic heterocycles. The van der Waals surface area contributed by atoms with E-state index in [9.17, 15) is 9.59 Å². The van der Waals surface area contributed by atoms with Gasteiger partial charge in [0.2, 0.25) is 11.7 Å². The first kappa shape index (κ1) is 18.4. The maximum absolute atomic E-state index is 12.7. The van der Waals surface area contributed by atoms with Gasteiger partial charge in [0.15, 0.2) is 17.1 Å². The van der Waals surface area contributed by atoms with Crippen LogP contribution in [0.4, 0.5) is 5.69 Å². The lowest BCUT2D eigenvalue weighted by molar-refractivity contribution is -0.118. The smallest absolute Gasteiger partial charge is 0.420 e. The number of aromatic nitrogens is 1. The third-order valence-corrected chi connectivity index (χ3v) is 4.22.